The minimum Gasteiger partial charge on any atom is -0.481 e. The summed E-state index contributed by atoms with van der Waals surface area (Å²) in [6, 6.07) is -0.424. The average Bonchev–Trinajstić information content (AvgIpc) is 2.99. The predicted octanol–water partition coefficient (Wildman–Crippen LogP) is 3.09. The third-order valence-corrected chi connectivity index (χ3v) is 15.3. The Morgan fingerprint density at radius 3 is 2.35 bits per heavy atom. The second-order valence-electron chi connectivity index (χ2n) is 17.5. The molecule has 2 saturated heterocycles. The van der Waals surface area contributed by atoms with Gasteiger partial charge in [0.15, 0.2) is 6.29 Å². The molecule has 0 aromatic rings. The molecule has 2 bridgehead atoms. The molecule has 10 nitrogen and oxygen atoms in total. The van der Waals surface area contributed by atoms with Crippen molar-refractivity contribution in [2.45, 2.75) is 130 Å². The highest BCUT2D eigenvalue weighted by atomic mass is 16.7. The highest BCUT2D eigenvalue weighted by molar-refractivity contribution is 5.73. The monoisotopic (exact) mass is 649 g/mol. The largest absolute Gasteiger partial charge is 0.481 e. The SMILES string of the molecule is CC(C)[C@@H](C)[C@@]1(C)CC[C@]2(C)[C@H]3CC[C@@H]4[C@@]5(COC[C@@]4(C)[C@@H](O[C@@H]4OC(CO)[C@H](O)[C@H](O)C4O)[C@H](N)C5)C3=CC[C@@]2(C)[C@@H]1C(=O)O. The van der Waals surface area contributed by atoms with E-state index in [9.17, 15) is 30.3 Å². The van der Waals surface area contributed by atoms with Gasteiger partial charge in [0.05, 0.1) is 31.8 Å². The Kier molecular flexibility index (Phi) is 8.66. The number of hydrogen-bond donors (Lipinski definition) is 6. The second kappa shape index (κ2) is 11.5. The Morgan fingerprint density at radius 2 is 1.72 bits per heavy atom. The van der Waals surface area contributed by atoms with Crippen LogP contribution in [-0.2, 0) is 19.0 Å². The summed E-state index contributed by atoms with van der Waals surface area (Å²) < 4.78 is 18.7. The van der Waals surface area contributed by atoms with Gasteiger partial charge >= 0.3 is 5.97 Å². The van der Waals surface area contributed by atoms with Gasteiger partial charge < -0.3 is 45.5 Å². The molecule has 0 aromatic carbocycles. The van der Waals surface area contributed by atoms with Crippen LogP contribution in [0.3, 0.4) is 0 Å². The van der Waals surface area contributed by atoms with Crippen LogP contribution in [0, 0.1) is 56.7 Å². The van der Waals surface area contributed by atoms with E-state index < -0.39 is 72.2 Å². The van der Waals surface area contributed by atoms with Crippen LogP contribution in [0.5, 0.6) is 0 Å². The first-order valence-electron chi connectivity index (χ1n) is 17.7. The molecule has 0 aromatic heterocycles. The average molecular weight is 650 g/mol. The minimum atomic E-state index is -1.53. The lowest BCUT2D eigenvalue weighted by Gasteiger charge is -2.71. The van der Waals surface area contributed by atoms with E-state index >= 15 is 0 Å². The van der Waals surface area contributed by atoms with E-state index in [2.05, 4.69) is 54.5 Å². The summed E-state index contributed by atoms with van der Waals surface area (Å²) in [5, 5.41) is 52.2. The van der Waals surface area contributed by atoms with Gasteiger partial charge in [0.25, 0.3) is 0 Å². The Balaban J connectivity index is 1.35. The number of nitrogens with two attached hydrogens (primary N) is 1. The third kappa shape index (κ3) is 4.53. The van der Waals surface area contributed by atoms with E-state index in [1.54, 1.807) is 0 Å². The van der Waals surface area contributed by atoms with Crippen LogP contribution in [0.2, 0.25) is 0 Å². The second-order valence-corrected chi connectivity index (χ2v) is 17.5. The molecule has 0 spiro atoms. The molecule has 10 heteroatoms. The van der Waals surface area contributed by atoms with Crippen LogP contribution in [0.15, 0.2) is 11.6 Å². The number of ether oxygens (including phenoxy) is 3. The lowest BCUT2D eigenvalue weighted by molar-refractivity contribution is -0.338. The van der Waals surface area contributed by atoms with Gasteiger partial charge in [-0.05, 0) is 78.4 Å². The summed E-state index contributed by atoms with van der Waals surface area (Å²) >= 11 is 0. The zero-order valence-electron chi connectivity index (χ0n) is 28.8. The fourth-order valence-electron chi connectivity index (χ4n) is 12.3. The molecule has 6 rings (SSSR count). The number of aliphatic carboxylic acids is 1. The molecule has 2 unspecified atom stereocenters. The van der Waals surface area contributed by atoms with Crippen molar-refractivity contribution in [3.05, 3.63) is 11.6 Å². The topological polar surface area (TPSA) is 172 Å². The zero-order chi connectivity index (χ0) is 33.8. The van der Waals surface area contributed by atoms with Crippen molar-refractivity contribution in [1.82, 2.24) is 0 Å². The molecule has 4 aliphatic carbocycles. The van der Waals surface area contributed by atoms with E-state index in [0.717, 1.165) is 25.7 Å². The van der Waals surface area contributed by atoms with Crippen LogP contribution in [-0.4, -0.2) is 94.2 Å². The van der Waals surface area contributed by atoms with E-state index in [0.29, 0.717) is 32.0 Å². The van der Waals surface area contributed by atoms with Crippen LogP contribution < -0.4 is 5.73 Å². The maximum absolute atomic E-state index is 13.3. The number of aliphatic hydroxyl groups is 4. The number of fused-ring (bicyclic) bond motifs is 3. The minimum absolute atomic E-state index is 0.184. The Bertz CT molecular complexity index is 1230. The van der Waals surface area contributed by atoms with Gasteiger partial charge in [0.2, 0.25) is 0 Å². The van der Waals surface area contributed by atoms with Crippen molar-refractivity contribution in [1.29, 1.82) is 0 Å². The molecule has 6 aliphatic rings. The van der Waals surface area contributed by atoms with E-state index in [1.807, 2.05) is 0 Å². The maximum Gasteiger partial charge on any atom is 0.307 e. The summed E-state index contributed by atoms with van der Waals surface area (Å²) in [4.78, 5) is 13.3. The standard InChI is InChI=1S/C36H59NO9/c1-18(2)19(3)32(4)12-13-34(6)20-8-9-24-33(5)16-44-17-36(24,21(20)10-11-35(34,7)28(32)30(42)43)14-22(37)29(33)46-31-27(41)26(40)25(39)23(15-38)45-31/h10,18-20,22-29,31,38-41H,8-9,11-17,37H2,1-7H3,(H,42,43)/t19-,20+,22-,23?,24+,25+,26+,27?,28-,29+,31+,32-,33-,34-,35+,36+/m1/s1. The van der Waals surface area contributed by atoms with Gasteiger partial charge in [-0.3, -0.25) is 4.79 Å². The number of carboxylic acid groups (broad SMARTS) is 1. The van der Waals surface area contributed by atoms with Gasteiger partial charge in [0.1, 0.15) is 24.4 Å². The lowest BCUT2D eigenvalue weighted by Crippen LogP contribution is -2.72. The molecule has 5 fully saturated rings. The zero-order valence-corrected chi connectivity index (χ0v) is 28.8. The maximum atomic E-state index is 13.3. The number of hydrogen-bond acceptors (Lipinski definition) is 9. The summed E-state index contributed by atoms with van der Waals surface area (Å²) in [6.07, 6.45) is 0.0773. The fourth-order valence-corrected chi connectivity index (χ4v) is 12.3. The van der Waals surface area contributed by atoms with Gasteiger partial charge in [-0.25, -0.2) is 0 Å². The van der Waals surface area contributed by atoms with E-state index in [-0.39, 0.29) is 34.0 Å². The van der Waals surface area contributed by atoms with Crippen molar-refractivity contribution in [2.75, 3.05) is 19.8 Å². The van der Waals surface area contributed by atoms with Crippen molar-refractivity contribution < 1.29 is 44.5 Å². The lowest BCUT2D eigenvalue weighted by atomic mass is 9.34. The third-order valence-electron chi connectivity index (χ3n) is 15.3. The van der Waals surface area contributed by atoms with Crippen molar-refractivity contribution >= 4 is 5.97 Å². The molecule has 262 valence electrons. The van der Waals surface area contributed by atoms with Crippen LogP contribution >= 0.6 is 0 Å². The molecule has 0 radical (unpaired) electrons. The molecule has 16 atom stereocenters. The number of rotatable bonds is 6. The molecular weight excluding hydrogens is 590 g/mol. The summed E-state index contributed by atoms with van der Waals surface area (Å²) in [5.74, 6) is -0.0503. The van der Waals surface area contributed by atoms with Crippen LogP contribution in [0.4, 0.5) is 0 Å². The first-order chi connectivity index (χ1) is 21.4. The highest BCUT2D eigenvalue weighted by Gasteiger charge is 2.71. The van der Waals surface area contributed by atoms with Crippen LogP contribution in [0.1, 0.15) is 87.0 Å². The summed E-state index contributed by atoms with van der Waals surface area (Å²) in [5.41, 5.74) is 6.69. The van der Waals surface area contributed by atoms with Gasteiger partial charge in [-0.1, -0.05) is 60.1 Å². The molecule has 3 saturated carbocycles. The van der Waals surface area contributed by atoms with Crippen LogP contribution in [0.25, 0.3) is 0 Å². The summed E-state index contributed by atoms with van der Waals surface area (Å²) in [7, 11) is 0. The number of aliphatic hydroxyl groups excluding tert-OH is 4. The van der Waals surface area contributed by atoms with Gasteiger partial charge in [-0.15, -0.1) is 0 Å². The summed E-state index contributed by atoms with van der Waals surface area (Å²) in [6.45, 7) is 16.1. The van der Waals surface area contributed by atoms with Gasteiger partial charge in [-0.2, -0.15) is 0 Å². The molecule has 2 aliphatic heterocycles. The fraction of sp³-hybridized carbons (Fsp3) is 0.917. The van der Waals surface area contributed by atoms with Crippen molar-refractivity contribution in [2.24, 2.45) is 62.4 Å². The Hall–Kier alpha value is -1.11. The molecule has 0 amide bonds. The number of allylic oxidation sites excluding steroid dienone is 1. The van der Waals surface area contributed by atoms with E-state index in [4.69, 9.17) is 19.9 Å². The first kappa shape index (κ1) is 34.7. The molecule has 2 heterocycles. The normalized spacial score (nSPS) is 54.2. The number of carbonyl (C=O) groups is 1. The van der Waals surface area contributed by atoms with Crippen molar-refractivity contribution in [3.8, 4) is 0 Å². The molecular formula is C36H59NO9. The smallest absolute Gasteiger partial charge is 0.307 e. The highest BCUT2D eigenvalue weighted by Crippen LogP contribution is 2.74. The quantitative estimate of drug-likeness (QED) is 0.186. The first-order valence-corrected chi connectivity index (χ1v) is 17.7. The molecule has 7 N–H and O–H groups in total. The Morgan fingerprint density at radius 1 is 1.02 bits per heavy atom. The molecule has 46 heavy (non-hydrogen) atoms. The van der Waals surface area contributed by atoms with Crippen molar-refractivity contribution in [3.63, 3.8) is 0 Å². The predicted molar refractivity (Wildman–Crippen MR) is 170 cm³/mol. The number of carboxylic acids is 1. The van der Waals surface area contributed by atoms with E-state index in [1.165, 1.54) is 5.57 Å². The Labute approximate surface area is 274 Å². The van der Waals surface area contributed by atoms with Gasteiger partial charge in [0, 0.05) is 16.9 Å².